The maximum atomic E-state index is 14.0. The number of phenolic OH excluding ortho intramolecular Hbond substituents is 1. The van der Waals surface area contributed by atoms with Crippen LogP contribution >= 0.6 is 0 Å². The highest BCUT2D eigenvalue weighted by Gasteiger charge is 2.61. The second kappa shape index (κ2) is 7.41. The zero-order chi connectivity index (χ0) is 25.4. The van der Waals surface area contributed by atoms with Gasteiger partial charge in [0.1, 0.15) is 17.3 Å². The molecule has 3 aliphatic carbocycles. The van der Waals surface area contributed by atoms with Gasteiger partial charge >= 0.3 is 0 Å². The van der Waals surface area contributed by atoms with Crippen molar-refractivity contribution >= 4 is 23.1 Å². The van der Waals surface area contributed by atoms with Crippen molar-refractivity contribution in [2.45, 2.75) is 47.0 Å². The third-order valence-corrected chi connectivity index (χ3v) is 8.30. The van der Waals surface area contributed by atoms with E-state index in [1.807, 2.05) is 44.2 Å². The van der Waals surface area contributed by atoms with Crippen LogP contribution < -0.4 is 0 Å². The minimum absolute atomic E-state index is 0.0252. The molecule has 0 saturated heterocycles. The molecular formula is C29H28O6. The van der Waals surface area contributed by atoms with E-state index in [9.17, 15) is 29.7 Å². The number of aryl methyl sites for hydroxylation is 1. The Morgan fingerprint density at radius 1 is 1.00 bits per heavy atom. The lowest BCUT2D eigenvalue weighted by Crippen LogP contribution is -2.54. The third kappa shape index (κ3) is 3.05. The van der Waals surface area contributed by atoms with E-state index in [0.29, 0.717) is 12.8 Å². The molecule has 180 valence electrons. The van der Waals surface area contributed by atoms with Gasteiger partial charge in [-0.05, 0) is 62.3 Å². The fourth-order valence-corrected chi connectivity index (χ4v) is 6.38. The molecule has 3 atom stereocenters. The predicted octanol–water partition coefficient (Wildman–Crippen LogP) is 5.17. The van der Waals surface area contributed by atoms with Crippen molar-refractivity contribution in [3.05, 3.63) is 70.0 Å². The lowest BCUT2D eigenvalue weighted by molar-refractivity contribution is -0.136. The monoisotopic (exact) mass is 472 g/mol. The Labute approximate surface area is 203 Å². The van der Waals surface area contributed by atoms with Crippen LogP contribution in [0.15, 0.2) is 53.3 Å². The molecule has 0 radical (unpaired) electrons. The normalized spacial score (nSPS) is 27.9. The first-order valence-electron chi connectivity index (χ1n) is 11.8. The molecule has 0 aromatic heterocycles. The predicted molar refractivity (Wildman–Crippen MR) is 131 cm³/mol. The Kier molecular flexibility index (Phi) is 4.89. The van der Waals surface area contributed by atoms with E-state index in [0.717, 1.165) is 22.3 Å². The SMILES string of the molecule is CC(=O)C1=C(O)[C@@]2(C)C(=O)C3=C(O)c4c(O)ccc(-c5ccc(C)cc5)c4C[C@@]3(C)C[C@H]2CC1=O. The van der Waals surface area contributed by atoms with Crippen molar-refractivity contribution in [2.24, 2.45) is 16.7 Å². The molecule has 0 heterocycles. The largest absolute Gasteiger partial charge is 0.510 e. The van der Waals surface area contributed by atoms with Gasteiger partial charge in [-0.3, -0.25) is 14.4 Å². The summed E-state index contributed by atoms with van der Waals surface area (Å²) in [6, 6.07) is 11.3. The minimum Gasteiger partial charge on any atom is -0.510 e. The van der Waals surface area contributed by atoms with Crippen molar-refractivity contribution in [2.75, 3.05) is 0 Å². The van der Waals surface area contributed by atoms with Crippen LogP contribution in [0.25, 0.3) is 16.9 Å². The molecule has 0 spiro atoms. The first-order chi connectivity index (χ1) is 16.4. The molecule has 5 rings (SSSR count). The molecule has 2 aromatic rings. The summed E-state index contributed by atoms with van der Waals surface area (Å²) in [6.07, 6.45) is 0.705. The van der Waals surface area contributed by atoms with Crippen LogP contribution in [-0.2, 0) is 20.8 Å². The average Bonchev–Trinajstić information content (AvgIpc) is 2.77. The molecule has 1 fully saturated rings. The molecule has 2 aromatic carbocycles. The highest BCUT2D eigenvalue weighted by Crippen LogP contribution is 2.61. The lowest BCUT2D eigenvalue weighted by Gasteiger charge is -2.52. The highest BCUT2D eigenvalue weighted by molar-refractivity contribution is 6.22. The number of phenols is 1. The van der Waals surface area contributed by atoms with Crippen LogP contribution in [0.5, 0.6) is 5.75 Å². The first-order valence-corrected chi connectivity index (χ1v) is 11.8. The summed E-state index contributed by atoms with van der Waals surface area (Å²) in [7, 11) is 0. The smallest absolute Gasteiger partial charge is 0.176 e. The Hall–Kier alpha value is -3.67. The van der Waals surface area contributed by atoms with Crippen molar-refractivity contribution in [1.29, 1.82) is 0 Å². The maximum absolute atomic E-state index is 14.0. The Bertz CT molecular complexity index is 1390. The number of rotatable bonds is 2. The fourth-order valence-electron chi connectivity index (χ4n) is 6.38. The van der Waals surface area contributed by atoms with E-state index in [1.54, 1.807) is 6.92 Å². The molecule has 6 heteroatoms. The third-order valence-electron chi connectivity index (χ3n) is 8.30. The standard InChI is InChI=1S/C29H28O6/c1-14-5-7-16(8-6-14)18-9-10-20(31)23-19(18)13-28(3)12-17-11-21(32)22(15(2)30)26(34)29(17,4)27(35)24(28)25(23)33/h5-10,17,31,33-34H,11-13H2,1-4H3/t17-,28-,29+/m1/s1. The number of allylic oxidation sites excluding steroid dienone is 3. The zero-order valence-corrected chi connectivity index (χ0v) is 20.2. The number of hydrogen-bond donors (Lipinski definition) is 3. The molecular weight excluding hydrogens is 444 g/mol. The molecule has 0 unspecified atom stereocenters. The molecule has 6 nitrogen and oxygen atoms in total. The number of aliphatic hydroxyl groups excluding tert-OH is 2. The van der Waals surface area contributed by atoms with Crippen LogP contribution in [0.2, 0.25) is 0 Å². The first kappa shape index (κ1) is 23.1. The molecule has 35 heavy (non-hydrogen) atoms. The molecule has 1 saturated carbocycles. The summed E-state index contributed by atoms with van der Waals surface area (Å²) in [5, 5.41) is 33.2. The molecule has 0 aliphatic heterocycles. The lowest BCUT2D eigenvalue weighted by atomic mass is 9.49. The molecule has 0 amide bonds. The van der Waals surface area contributed by atoms with Gasteiger partial charge in [0.25, 0.3) is 0 Å². The number of aromatic hydroxyl groups is 1. The number of hydrogen-bond acceptors (Lipinski definition) is 6. The van der Waals surface area contributed by atoms with E-state index in [-0.39, 0.29) is 34.6 Å². The van der Waals surface area contributed by atoms with Gasteiger partial charge in [-0.25, -0.2) is 0 Å². The van der Waals surface area contributed by atoms with Crippen molar-refractivity contribution in [3.8, 4) is 16.9 Å². The van der Waals surface area contributed by atoms with Crippen molar-refractivity contribution in [3.63, 3.8) is 0 Å². The number of benzene rings is 2. The number of carbonyl (C=O) groups excluding carboxylic acids is 3. The summed E-state index contributed by atoms with van der Waals surface area (Å²) in [5.74, 6) is -3.02. The van der Waals surface area contributed by atoms with Gasteiger partial charge in [-0.2, -0.15) is 0 Å². The van der Waals surface area contributed by atoms with E-state index >= 15 is 0 Å². The number of ketones is 3. The molecule has 3 aliphatic rings. The fraction of sp³-hybridized carbons (Fsp3) is 0.345. The highest BCUT2D eigenvalue weighted by atomic mass is 16.3. The molecule has 0 bridgehead atoms. The topological polar surface area (TPSA) is 112 Å². The van der Waals surface area contributed by atoms with E-state index < -0.39 is 39.9 Å². The van der Waals surface area contributed by atoms with Crippen LogP contribution in [0.1, 0.15) is 50.3 Å². The number of aliphatic hydroxyl groups is 2. The summed E-state index contributed by atoms with van der Waals surface area (Å²) < 4.78 is 0. The van der Waals surface area contributed by atoms with Gasteiger partial charge in [-0.15, -0.1) is 0 Å². The van der Waals surface area contributed by atoms with Gasteiger partial charge in [0.05, 0.1) is 16.6 Å². The van der Waals surface area contributed by atoms with Crippen LogP contribution in [0.4, 0.5) is 0 Å². The minimum atomic E-state index is -1.50. The van der Waals surface area contributed by atoms with Crippen LogP contribution in [-0.4, -0.2) is 32.7 Å². The number of carbonyl (C=O) groups is 3. The second-order valence-corrected chi connectivity index (χ2v) is 10.7. The van der Waals surface area contributed by atoms with E-state index in [2.05, 4.69) is 0 Å². The van der Waals surface area contributed by atoms with Gasteiger partial charge in [0, 0.05) is 17.4 Å². The van der Waals surface area contributed by atoms with Crippen molar-refractivity contribution in [1.82, 2.24) is 0 Å². The van der Waals surface area contributed by atoms with Crippen LogP contribution in [0, 0.1) is 23.7 Å². The summed E-state index contributed by atoms with van der Waals surface area (Å²) in [4.78, 5) is 38.9. The van der Waals surface area contributed by atoms with Crippen molar-refractivity contribution < 1.29 is 29.7 Å². The Morgan fingerprint density at radius 3 is 2.29 bits per heavy atom. The van der Waals surface area contributed by atoms with Gasteiger partial charge in [0.2, 0.25) is 0 Å². The van der Waals surface area contributed by atoms with Crippen LogP contribution in [0.3, 0.4) is 0 Å². The van der Waals surface area contributed by atoms with E-state index in [4.69, 9.17) is 0 Å². The van der Waals surface area contributed by atoms with Gasteiger partial charge < -0.3 is 15.3 Å². The summed E-state index contributed by atoms with van der Waals surface area (Å²) in [5.41, 5.74) is 1.32. The Morgan fingerprint density at radius 2 is 1.66 bits per heavy atom. The summed E-state index contributed by atoms with van der Waals surface area (Å²) in [6.45, 7) is 6.62. The number of Topliss-reactive ketones (excluding diaryl/α,β-unsaturated/α-hetero) is 3. The van der Waals surface area contributed by atoms with Gasteiger partial charge in [-0.1, -0.05) is 42.8 Å². The molecule has 3 N–H and O–H groups in total. The Balaban J connectivity index is 1.75. The van der Waals surface area contributed by atoms with E-state index in [1.165, 1.54) is 13.0 Å². The summed E-state index contributed by atoms with van der Waals surface area (Å²) >= 11 is 0. The second-order valence-electron chi connectivity index (χ2n) is 10.7. The quantitative estimate of drug-likeness (QED) is 0.520. The van der Waals surface area contributed by atoms with Gasteiger partial charge in [0.15, 0.2) is 17.3 Å². The average molecular weight is 473 g/mol. The number of fused-ring (bicyclic) bond motifs is 3. The maximum Gasteiger partial charge on any atom is 0.176 e. The zero-order valence-electron chi connectivity index (χ0n) is 20.2.